The Bertz CT molecular complexity index is 1900. The first-order valence-corrected chi connectivity index (χ1v) is 15.0. The Kier molecular flexibility index (Phi) is 12.2. The molecule has 2 aromatic carbocycles. The Morgan fingerprint density at radius 3 is 2.13 bits per heavy atom. The molecule has 0 saturated carbocycles. The van der Waals surface area contributed by atoms with Gasteiger partial charge in [-0.05, 0) is 52.8 Å². The maximum Gasteiger partial charge on any atom is 0.528 e. The predicted octanol–water partition coefficient (Wildman–Crippen LogP) is 7.83. The molecule has 8 heteroatoms. The quantitative estimate of drug-likeness (QED) is 0.127. The van der Waals surface area contributed by atoms with Gasteiger partial charge in [-0.2, -0.15) is 25.5 Å². The van der Waals surface area contributed by atoms with Crippen molar-refractivity contribution in [2.24, 2.45) is 5.92 Å². The highest BCUT2D eigenvalue weighted by Gasteiger charge is 2.25. The van der Waals surface area contributed by atoms with E-state index in [1.807, 2.05) is 54.6 Å². The number of ether oxygens (including phenoxy) is 1. The van der Waals surface area contributed by atoms with Crippen molar-refractivity contribution in [3.8, 4) is 18.2 Å². The van der Waals surface area contributed by atoms with Crippen LogP contribution in [0.25, 0.3) is 20.8 Å². The molecule has 1 fully saturated rings. The van der Waals surface area contributed by atoms with Crippen molar-refractivity contribution in [1.82, 2.24) is 4.90 Å². The van der Waals surface area contributed by atoms with Gasteiger partial charge in [0.2, 0.25) is 0 Å². The van der Waals surface area contributed by atoms with E-state index in [2.05, 4.69) is 32.8 Å². The van der Waals surface area contributed by atoms with Crippen molar-refractivity contribution in [1.29, 1.82) is 21.2 Å². The molecule has 8 nitrogen and oxygen atoms in total. The van der Waals surface area contributed by atoms with Crippen molar-refractivity contribution in [2.75, 3.05) is 26.3 Å². The van der Waals surface area contributed by atoms with Crippen molar-refractivity contribution < 1.29 is 4.74 Å². The smallest absolute Gasteiger partial charge is 0.378 e. The van der Waals surface area contributed by atoms with E-state index in [0.717, 1.165) is 49.0 Å². The third-order valence-electron chi connectivity index (χ3n) is 7.72. The van der Waals surface area contributed by atoms with Crippen LogP contribution in [0.5, 0.6) is 0 Å². The lowest BCUT2D eigenvalue weighted by molar-refractivity contribution is 0.0547. The molecule has 0 bridgehead atoms. The highest BCUT2D eigenvalue weighted by molar-refractivity contribution is 5.89. The number of hydrogen-bond acceptors (Lipinski definition) is 6. The van der Waals surface area contributed by atoms with Crippen LogP contribution in [0.2, 0.25) is 0 Å². The number of hydrogen-bond donors (Lipinski definition) is 1. The maximum atomic E-state index is 10.1. The molecule has 47 heavy (non-hydrogen) atoms. The zero-order valence-corrected chi connectivity index (χ0v) is 25.7. The first-order chi connectivity index (χ1) is 23.1. The number of nitriles is 3. The Morgan fingerprint density at radius 2 is 1.55 bits per heavy atom. The van der Waals surface area contributed by atoms with Crippen LogP contribution in [0.3, 0.4) is 0 Å². The third kappa shape index (κ3) is 8.16. The molecule has 2 aliphatic rings. The van der Waals surface area contributed by atoms with Gasteiger partial charge in [0.15, 0.2) is 0 Å². The molecule has 4 rings (SSSR count). The van der Waals surface area contributed by atoms with Crippen LogP contribution in [0.15, 0.2) is 131 Å². The minimum absolute atomic E-state index is 0.161. The van der Waals surface area contributed by atoms with Gasteiger partial charge in [-0.3, -0.25) is 0 Å². The van der Waals surface area contributed by atoms with E-state index in [-0.39, 0.29) is 11.4 Å². The molecule has 0 amide bonds. The summed E-state index contributed by atoms with van der Waals surface area (Å²) in [4.78, 5) is 9.05. The number of rotatable bonds is 10. The van der Waals surface area contributed by atoms with Crippen LogP contribution in [-0.2, 0) is 4.74 Å². The van der Waals surface area contributed by atoms with E-state index < -0.39 is 5.92 Å². The summed E-state index contributed by atoms with van der Waals surface area (Å²) in [6.45, 7) is 17.7. The van der Waals surface area contributed by atoms with Crippen LogP contribution >= 0.6 is 0 Å². The molecule has 228 valence electrons. The molecule has 1 saturated heterocycles. The largest absolute Gasteiger partial charge is 0.528 e. The average molecular weight is 614 g/mol. The Labute approximate surface area is 275 Å². The molecule has 0 spiro atoms. The van der Waals surface area contributed by atoms with Crippen LogP contribution < -0.4 is 0 Å². The summed E-state index contributed by atoms with van der Waals surface area (Å²) in [5, 5.41) is 37.6. The second-order valence-electron chi connectivity index (χ2n) is 10.4. The zero-order chi connectivity index (χ0) is 33.4. The Balaban J connectivity index is 1.74. The molecule has 1 heterocycles. The first-order valence-electron chi connectivity index (χ1n) is 15.0. The van der Waals surface area contributed by atoms with E-state index in [1.54, 1.807) is 42.5 Å². The molecule has 2 aromatic rings. The lowest BCUT2D eigenvalue weighted by Gasteiger charge is -2.31. The van der Waals surface area contributed by atoms with Gasteiger partial charge >= 0.3 is 5.82 Å². The Morgan fingerprint density at radius 1 is 0.894 bits per heavy atom. The lowest BCUT2D eigenvalue weighted by atomic mass is 9.90. The fourth-order valence-corrected chi connectivity index (χ4v) is 5.57. The lowest BCUT2D eigenvalue weighted by Crippen LogP contribution is -2.36. The van der Waals surface area contributed by atoms with Crippen LogP contribution in [0, 0.1) is 58.5 Å². The highest BCUT2D eigenvalue weighted by atomic mass is 16.5. The summed E-state index contributed by atoms with van der Waals surface area (Å²) in [5.41, 5.74) is 5.92. The number of benzene rings is 2. The minimum Gasteiger partial charge on any atom is -0.378 e. The van der Waals surface area contributed by atoms with Crippen molar-refractivity contribution in [3.63, 3.8) is 0 Å². The van der Waals surface area contributed by atoms with Crippen molar-refractivity contribution >= 4 is 17.4 Å². The molecule has 1 aliphatic carbocycles. The summed E-state index contributed by atoms with van der Waals surface area (Å²) >= 11 is 0. The summed E-state index contributed by atoms with van der Waals surface area (Å²) in [6, 6.07) is 24.7. The van der Waals surface area contributed by atoms with E-state index >= 15 is 0 Å². The van der Waals surface area contributed by atoms with Crippen molar-refractivity contribution in [2.45, 2.75) is 12.8 Å². The monoisotopic (exact) mass is 613 g/mol. The first kappa shape index (κ1) is 33.4. The molecule has 1 unspecified atom stereocenters. The highest BCUT2D eigenvalue weighted by Crippen LogP contribution is 2.36. The van der Waals surface area contributed by atoms with Gasteiger partial charge in [-0.25, -0.2) is 0 Å². The Hall–Kier alpha value is -6.50. The van der Waals surface area contributed by atoms with Gasteiger partial charge in [0.25, 0.3) is 0 Å². The summed E-state index contributed by atoms with van der Waals surface area (Å²) in [5.74, 6) is -1.02. The fraction of sp³-hybridized carbons (Fsp3) is 0.179. The van der Waals surface area contributed by atoms with Crippen LogP contribution in [0.4, 0.5) is 0 Å². The molecule has 1 aliphatic heterocycles. The molecule has 0 aromatic heterocycles. The summed E-state index contributed by atoms with van der Waals surface area (Å²) < 4.78 is 5.61. The number of nitrogens with zero attached hydrogens (tertiary/aromatic N) is 6. The van der Waals surface area contributed by atoms with E-state index in [4.69, 9.17) is 23.3 Å². The number of nitrogens with one attached hydrogen (secondary N) is 1. The van der Waals surface area contributed by atoms with Gasteiger partial charge < -0.3 is 15.0 Å². The van der Waals surface area contributed by atoms with Crippen LogP contribution in [-0.4, -0.2) is 37.4 Å². The second-order valence-corrected chi connectivity index (χ2v) is 10.4. The molecule has 0 radical (unpaired) electrons. The zero-order valence-electron chi connectivity index (χ0n) is 25.7. The van der Waals surface area contributed by atoms with E-state index in [9.17, 15) is 15.8 Å². The topological polar surface area (TPSA) is 116 Å². The molecular weight excluding hydrogens is 582 g/mol. The van der Waals surface area contributed by atoms with Gasteiger partial charge in [0.05, 0.1) is 48.1 Å². The molecule has 1 N–H and O–H groups in total. The number of allylic oxidation sites excluding steroid dienone is 12. The minimum atomic E-state index is -0.861. The SMILES string of the molecule is [C-]#[N+]C([N+]#[C-])=C(C(C#N)=CC=CC1=C(N2CCOCC2)C(=CC=CC(C#N)=C(c2ccccc2)C(C#N)C=N)CC1)c1ccccc1. The van der Waals surface area contributed by atoms with E-state index in [0.29, 0.717) is 41.1 Å². The number of morpholine rings is 1. The van der Waals surface area contributed by atoms with E-state index in [1.165, 1.54) is 0 Å². The summed E-state index contributed by atoms with van der Waals surface area (Å²) in [6.07, 6.45) is 13.5. The average Bonchev–Trinajstić information content (AvgIpc) is 3.53. The van der Waals surface area contributed by atoms with Gasteiger partial charge in [-0.15, -0.1) is 0 Å². The van der Waals surface area contributed by atoms with Gasteiger partial charge in [0, 0.05) is 25.0 Å². The normalized spacial score (nSPS) is 16.9. The van der Waals surface area contributed by atoms with Gasteiger partial charge in [0.1, 0.15) is 19.1 Å². The predicted molar refractivity (Wildman–Crippen MR) is 182 cm³/mol. The van der Waals surface area contributed by atoms with Crippen LogP contribution in [0.1, 0.15) is 24.0 Å². The molecular formula is C39H31N7O. The van der Waals surface area contributed by atoms with Gasteiger partial charge in [-0.1, -0.05) is 85.0 Å². The molecule has 1 atom stereocenters. The standard InChI is InChI=1S/C39H31N7O/c1-44-39(45-2)37(30-13-7-4-8-14-30)34(26-41)18-10-16-32-20-19-31(38(32)46-21-23-47-24-22-46)15-9-17-33(25-40)36(35(27-42)28-43)29-11-5-3-6-12-29/h3-18,27,35,42H,19-24H2. The maximum absolute atomic E-state index is 10.1. The second kappa shape index (κ2) is 17.1. The summed E-state index contributed by atoms with van der Waals surface area (Å²) in [7, 11) is 0. The third-order valence-corrected chi connectivity index (χ3v) is 7.72. The fourth-order valence-electron chi connectivity index (χ4n) is 5.57. The van der Waals surface area contributed by atoms with Crippen molar-refractivity contribution in [3.05, 3.63) is 165 Å².